The second kappa shape index (κ2) is 7.77. The minimum Gasteiger partial charge on any atom is -0.409 e. The molecule has 0 amide bonds. The van der Waals surface area contributed by atoms with Gasteiger partial charge in [0.1, 0.15) is 6.67 Å². The van der Waals surface area contributed by atoms with Crippen molar-refractivity contribution in [3.63, 3.8) is 0 Å². The number of alkyl halides is 1. The van der Waals surface area contributed by atoms with Crippen LogP contribution in [0.2, 0.25) is 0 Å². The van der Waals surface area contributed by atoms with Gasteiger partial charge < -0.3 is 25.1 Å². The van der Waals surface area contributed by atoms with E-state index in [9.17, 15) is 22.7 Å². The maximum atomic E-state index is 14.0. The highest BCUT2D eigenvalue weighted by molar-refractivity contribution is 5.99. The fourth-order valence-electron chi connectivity index (χ4n) is 2.13. The zero-order valence-electron chi connectivity index (χ0n) is 12.6. The van der Waals surface area contributed by atoms with E-state index in [-0.39, 0.29) is 13.2 Å². The Morgan fingerprint density at radius 1 is 1.29 bits per heavy atom. The molecule has 1 aromatic rings. The van der Waals surface area contributed by atoms with Gasteiger partial charge in [-0.25, -0.2) is 17.6 Å². The molecular formula is C14H16F4N2O4. The van der Waals surface area contributed by atoms with Crippen LogP contribution in [-0.2, 0) is 9.47 Å². The van der Waals surface area contributed by atoms with Crippen LogP contribution in [0, 0.1) is 17.5 Å². The Kier molecular flexibility index (Phi) is 5.97. The van der Waals surface area contributed by atoms with Crippen LogP contribution in [0.4, 0.5) is 17.6 Å². The van der Waals surface area contributed by atoms with Crippen LogP contribution < -0.4 is 5.32 Å². The van der Waals surface area contributed by atoms with Gasteiger partial charge in [0.2, 0.25) is 0 Å². The molecular weight excluding hydrogens is 336 g/mol. The van der Waals surface area contributed by atoms with Crippen molar-refractivity contribution in [3.8, 4) is 0 Å². The lowest BCUT2D eigenvalue weighted by Gasteiger charge is -2.21. The standard InChI is InChI=1S/C14H16F4N2O4/c1-6(21)9(5-15)19-13(20-22)7-4-8(14-23-2-3-24-14)11(17)12(18)10(7)16/h4,6,9,14,21-22H,2-3,5H2,1H3,(H,19,20)/t6-,9+/m1/s1. The molecule has 2 rings (SSSR count). The normalized spacial score (nSPS) is 18.7. The molecule has 1 aliphatic rings. The number of aliphatic hydroxyl groups excluding tert-OH is 1. The number of benzene rings is 1. The molecule has 134 valence electrons. The van der Waals surface area contributed by atoms with Crippen LogP contribution in [0.25, 0.3) is 0 Å². The van der Waals surface area contributed by atoms with Crippen molar-refractivity contribution in [1.29, 1.82) is 0 Å². The average Bonchev–Trinajstić information content (AvgIpc) is 3.09. The number of aliphatic hydroxyl groups is 1. The molecule has 1 fully saturated rings. The third-order valence-electron chi connectivity index (χ3n) is 3.48. The van der Waals surface area contributed by atoms with E-state index < -0.39 is 59.5 Å². The lowest BCUT2D eigenvalue weighted by Crippen LogP contribution is -2.44. The summed E-state index contributed by atoms with van der Waals surface area (Å²) < 4.78 is 64.8. The van der Waals surface area contributed by atoms with Crippen molar-refractivity contribution < 1.29 is 37.3 Å². The minimum atomic E-state index is -1.82. The number of amidine groups is 1. The summed E-state index contributed by atoms with van der Waals surface area (Å²) in [7, 11) is 0. The highest BCUT2D eigenvalue weighted by Gasteiger charge is 2.30. The highest BCUT2D eigenvalue weighted by Crippen LogP contribution is 2.30. The molecule has 0 unspecified atom stereocenters. The van der Waals surface area contributed by atoms with E-state index in [1.165, 1.54) is 6.92 Å². The molecule has 0 bridgehead atoms. The molecule has 1 aliphatic heterocycles. The van der Waals surface area contributed by atoms with Crippen molar-refractivity contribution in [2.45, 2.75) is 25.4 Å². The Balaban J connectivity index is 2.43. The van der Waals surface area contributed by atoms with Crippen LogP contribution in [-0.4, -0.2) is 48.2 Å². The Bertz CT molecular complexity index is 621. The SMILES string of the molecule is C[C@@H](O)[C@H](CF)N/C(=N\O)c1cc(C2OCCO2)c(F)c(F)c1F. The monoisotopic (exact) mass is 352 g/mol. The summed E-state index contributed by atoms with van der Waals surface area (Å²) in [5.41, 5.74) is -1.09. The molecule has 0 saturated carbocycles. The summed E-state index contributed by atoms with van der Waals surface area (Å²) in [4.78, 5) is 0. The summed E-state index contributed by atoms with van der Waals surface area (Å²) in [6.45, 7) is 0.455. The quantitative estimate of drug-likeness (QED) is 0.187. The topological polar surface area (TPSA) is 83.3 Å². The third kappa shape index (κ3) is 3.60. The second-order valence-corrected chi connectivity index (χ2v) is 5.12. The van der Waals surface area contributed by atoms with E-state index in [0.717, 1.165) is 6.07 Å². The number of rotatable bonds is 5. The van der Waals surface area contributed by atoms with E-state index in [2.05, 4.69) is 10.5 Å². The molecule has 6 nitrogen and oxygen atoms in total. The number of halogens is 4. The lowest BCUT2D eigenvalue weighted by atomic mass is 10.1. The lowest BCUT2D eigenvalue weighted by molar-refractivity contribution is -0.0469. The average molecular weight is 352 g/mol. The fraction of sp³-hybridized carbons (Fsp3) is 0.500. The predicted molar refractivity (Wildman–Crippen MR) is 73.9 cm³/mol. The first-order chi connectivity index (χ1) is 11.4. The van der Waals surface area contributed by atoms with Gasteiger partial charge in [-0.1, -0.05) is 5.16 Å². The summed E-state index contributed by atoms with van der Waals surface area (Å²) in [5.74, 6) is -5.64. The molecule has 3 N–H and O–H groups in total. The van der Waals surface area contributed by atoms with E-state index in [4.69, 9.17) is 14.7 Å². The summed E-state index contributed by atoms with van der Waals surface area (Å²) in [5, 5.41) is 23.4. The van der Waals surface area contributed by atoms with Gasteiger partial charge in [0.15, 0.2) is 29.6 Å². The van der Waals surface area contributed by atoms with Crippen LogP contribution >= 0.6 is 0 Å². The molecule has 1 aromatic carbocycles. The van der Waals surface area contributed by atoms with Gasteiger partial charge in [-0.05, 0) is 13.0 Å². The number of hydrogen-bond acceptors (Lipinski definition) is 5. The van der Waals surface area contributed by atoms with E-state index in [0.29, 0.717) is 0 Å². The van der Waals surface area contributed by atoms with Gasteiger partial charge in [0.25, 0.3) is 0 Å². The molecule has 0 spiro atoms. The summed E-state index contributed by atoms with van der Waals surface area (Å²) >= 11 is 0. The van der Waals surface area contributed by atoms with Crippen LogP contribution in [0.3, 0.4) is 0 Å². The summed E-state index contributed by atoms with van der Waals surface area (Å²) in [6.07, 6.45) is -2.46. The highest BCUT2D eigenvalue weighted by atomic mass is 19.2. The van der Waals surface area contributed by atoms with E-state index >= 15 is 0 Å². The van der Waals surface area contributed by atoms with Crippen LogP contribution in [0.1, 0.15) is 24.3 Å². The number of nitrogens with one attached hydrogen (secondary N) is 1. The second-order valence-electron chi connectivity index (χ2n) is 5.12. The third-order valence-corrected chi connectivity index (χ3v) is 3.48. The zero-order valence-corrected chi connectivity index (χ0v) is 12.6. The molecule has 0 radical (unpaired) electrons. The van der Waals surface area contributed by atoms with Crippen molar-refractivity contribution in [3.05, 3.63) is 34.6 Å². The maximum Gasteiger partial charge on any atom is 0.195 e. The first-order valence-corrected chi connectivity index (χ1v) is 7.04. The summed E-state index contributed by atoms with van der Waals surface area (Å²) in [6, 6.07) is -0.408. The zero-order chi connectivity index (χ0) is 17.9. The van der Waals surface area contributed by atoms with Crippen molar-refractivity contribution in [2.24, 2.45) is 5.16 Å². The number of ether oxygens (including phenoxy) is 2. The molecule has 2 atom stereocenters. The Morgan fingerprint density at radius 3 is 2.42 bits per heavy atom. The number of oxime groups is 1. The van der Waals surface area contributed by atoms with E-state index in [1.54, 1.807) is 0 Å². The number of nitrogens with zero attached hydrogens (tertiary/aromatic N) is 1. The maximum absolute atomic E-state index is 14.0. The molecule has 10 heteroatoms. The fourth-order valence-corrected chi connectivity index (χ4v) is 2.13. The first kappa shape index (κ1) is 18.4. The van der Waals surface area contributed by atoms with Crippen molar-refractivity contribution in [1.82, 2.24) is 5.32 Å². The van der Waals surface area contributed by atoms with Crippen molar-refractivity contribution in [2.75, 3.05) is 19.9 Å². The smallest absolute Gasteiger partial charge is 0.195 e. The minimum absolute atomic E-state index is 0.142. The molecule has 1 saturated heterocycles. The van der Waals surface area contributed by atoms with Gasteiger partial charge in [0.05, 0.1) is 30.9 Å². The predicted octanol–water partition coefficient (Wildman–Crippen LogP) is 1.59. The Labute approximate surface area is 134 Å². The molecule has 24 heavy (non-hydrogen) atoms. The first-order valence-electron chi connectivity index (χ1n) is 7.04. The van der Waals surface area contributed by atoms with Crippen molar-refractivity contribution >= 4 is 5.84 Å². The molecule has 0 aromatic heterocycles. The molecule has 1 heterocycles. The number of hydrogen-bond donors (Lipinski definition) is 3. The Hall–Kier alpha value is -1.91. The van der Waals surface area contributed by atoms with Gasteiger partial charge in [-0.3, -0.25) is 0 Å². The van der Waals surface area contributed by atoms with Crippen LogP contribution in [0.15, 0.2) is 11.2 Å². The van der Waals surface area contributed by atoms with Gasteiger partial charge in [-0.15, -0.1) is 0 Å². The largest absolute Gasteiger partial charge is 0.409 e. The van der Waals surface area contributed by atoms with Gasteiger partial charge in [-0.2, -0.15) is 0 Å². The van der Waals surface area contributed by atoms with E-state index in [1.807, 2.05) is 0 Å². The van der Waals surface area contributed by atoms with Crippen LogP contribution in [0.5, 0.6) is 0 Å². The molecule has 0 aliphatic carbocycles. The van der Waals surface area contributed by atoms with Gasteiger partial charge in [0, 0.05) is 5.56 Å². The Morgan fingerprint density at radius 2 is 1.92 bits per heavy atom. The van der Waals surface area contributed by atoms with Gasteiger partial charge >= 0.3 is 0 Å².